The number of aromatic nitrogens is 1. The van der Waals surface area contributed by atoms with Crippen molar-refractivity contribution in [2.45, 2.75) is 44.8 Å². The van der Waals surface area contributed by atoms with Crippen LogP contribution < -0.4 is 15.4 Å². The molecule has 1 fully saturated rings. The predicted molar refractivity (Wildman–Crippen MR) is 129 cm³/mol. The third-order valence-corrected chi connectivity index (χ3v) is 6.12. The first-order chi connectivity index (χ1) is 17.1. The van der Waals surface area contributed by atoms with Crippen molar-refractivity contribution in [1.29, 1.82) is 0 Å². The van der Waals surface area contributed by atoms with Crippen LogP contribution >= 0.6 is 0 Å². The molecule has 4 N–H and O–H groups in total. The monoisotopic (exact) mass is 506 g/mol. The molecule has 1 atom stereocenters. The quantitative estimate of drug-likeness (QED) is 0.366. The first kappa shape index (κ1) is 27.4. The van der Waals surface area contributed by atoms with Gasteiger partial charge in [0.05, 0.1) is 11.5 Å². The highest BCUT2D eigenvalue weighted by molar-refractivity contribution is 6.01. The summed E-state index contributed by atoms with van der Waals surface area (Å²) in [5, 5.41) is 24.3. The molecule has 1 aliphatic rings. The van der Waals surface area contributed by atoms with Crippen molar-refractivity contribution in [2.75, 3.05) is 38.1 Å². The van der Waals surface area contributed by atoms with Crippen LogP contribution in [0.3, 0.4) is 0 Å². The van der Waals surface area contributed by atoms with Crippen LogP contribution in [0.5, 0.6) is 5.88 Å². The lowest BCUT2D eigenvalue weighted by molar-refractivity contribution is -0.129. The molecular weight excluding hydrogens is 474 g/mol. The number of carbonyl (C=O) groups excluding carboxylic acids is 2. The topological polar surface area (TPSA) is 124 Å². The Bertz CT molecular complexity index is 1080. The zero-order valence-corrected chi connectivity index (χ0v) is 20.5. The number of anilines is 1. The molecule has 196 valence electrons. The number of β-amino-alcohol motifs (C(OH)–C–C–N with tert-alkyl or cyclic N) is 1. The Morgan fingerprint density at radius 1 is 1.19 bits per heavy atom. The van der Waals surface area contributed by atoms with Gasteiger partial charge in [0, 0.05) is 31.9 Å². The van der Waals surface area contributed by atoms with Crippen molar-refractivity contribution < 1.29 is 33.3 Å². The number of rotatable bonds is 11. The van der Waals surface area contributed by atoms with E-state index in [9.17, 15) is 23.5 Å². The second-order valence-electron chi connectivity index (χ2n) is 9.25. The molecule has 3 rings (SSSR count). The summed E-state index contributed by atoms with van der Waals surface area (Å²) in [6.45, 7) is 2.57. The second kappa shape index (κ2) is 11.7. The molecule has 2 amide bonds. The van der Waals surface area contributed by atoms with Crippen LogP contribution in [-0.2, 0) is 15.0 Å². The zero-order valence-electron chi connectivity index (χ0n) is 20.5. The number of nitrogens with one attached hydrogen (secondary N) is 2. The molecule has 9 nitrogen and oxygen atoms in total. The fourth-order valence-corrected chi connectivity index (χ4v) is 4.41. The minimum Gasteiger partial charge on any atom is -0.415 e. The van der Waals surface area contributed by atoms with Gasteiger partial charge in [0.15, 0.2) is 0 Å². The maximum absolute atomic E-state index is 13.7. The number of hydrogen-bond acceptors (Lipinski definition) is 7. The largest absolute Gasteiger partial charge is 0.415 e. The Kier molecular flexibility index (Phi) is 8.93. The first-order valence-corrected chi connectivity index (χ1v) is 11.7. The van der Waals surface area contributed by atoms with Gasteiger partial charge in [-0.2, -0.15) is 8.78 Å². The number of aryl methyl sites for hydroxylation is 1. The number of pyridine rings is 1. The molecule has 0 saturated carbocycles. The van der Waals surface area contributed by atoms with Gasteiger partial charge in [0.1, 0.15) is 12.3 Å². The molecule has 1 aliphatic heterocycles. The normalized spacial score (nSPS) is 15.9. The molecule has 36 heavy (non-hydrogen) atoms. The summed E-state index contributed by atoms with van der Waals surface area (Å²) < 4.78 is 30.4. The SMILES string of the molecule is Cc1ccc(NC(=O)C2(c3ccccc3C(C)C)CN(C[C@@H](O)CNC(=O)CO)C2)c(OC(F)F)n1. The first-order valence-electron chi connectivity index (χ1n) is 11.7. The fraction of sp³-hybridized carbons (Fsp3) is 0.480. The van der Waals surface area contributed by atoms with Crippen LogP contribution in [0.15, 0.2) is 36.4 Å². The van der Waals surface area contributed by atoms with Gasteiger partial charge >= 0.3 is 6.61 Å². The number of nitrogens with zero attached hydrogens (tertiary/aromatic N) is 2. The Labute approximate surface area is 208 Å². The molecule has 0 spiro atoms. The van der Waals surface area contributed by atoms with Crippen LogP contribution in [-0.4, -0.2) is 77.4 Å². The lowest BCUT2D eigenvalue weighted by atomic mass is 9.69. The number of aliphatic hydroxyl groups is 2. The molecule has 0 bridgehead atoms. The summed E-state index contributed by atoms with van der Waals surface area (Å²) in [7, 11) is 0. The van der Waals surface area contributed by atoms with E-state index < -0.39 is 36.6 Å². The molecule has 0 radical (unpaired) electrons. The van der Waals surface area contributed by atoms with Gasteiger partial charge in [-0.3, -0.25) is 14.5 Å². The highest BCUT2D eigenvalue weighted by Gasteiger charge is 2.52. The molecule has 1 saturated heterocycles. The van der Waals surface area contributed by atoms with E-state index in [-0.39, 0.29) is 43.7 Å². The van der Waals surface area contributed by atoms with E-state index in [2.05, 4.69) is 20.4 Å². The highest BCUT2D eigenvalue weighted by atomic mass is 19.3. The number of ether oxygens (including phenoxy) is 1. The Hall–Kier alpha value is -3.15. The van der Waals surface area contributed by atoms with E-state index in [1.807, 2.05) is 43.0 Å². The van der Waals surface area contributed by atoms with E-state index in [0.717, 1.165) is 11.1 Å². The summed E-state index contributed by atoms with van der Waals surface area (Å²) in [5.74, 6) is -1.24. The van der Waals surface area contributed by atoms with Gasteiger partial charge in [0.2, 0.25) is 17.7 Å². The van der Waals surface area contributed by atoms with E-state index in [1.165, 1.54) is 6.07 Å². The molecule has 0 aliphatic carbocycles. The Morgan fingerprint density at radius 3 is 2.53 bits per heavy atom. The highest BCUT2D eigenvalue weighted by Crippen LogP contribution is 2.40. The minimum absolute atomic E-state index is 0.0394. The van der Waals surface area contributed by atoms with Gasteiger partial charge in [-0.05, 0) is 36.1 Å². The number of aliphatic hydroxyl groups excluding tert-OH is 2. The van der Waals surface area contributed by atoms with Crippen LogP contribution in [0.2, 0.25) is 0 Å². The van der Waals surface area contributed by atoms with E-state index in [1.54, 1.807) is 13.0 Å². The third kappa shape index (κ3) is 6.34. The molecule has 2 aromatic rings. The van der Waals surface area contributed by atoms with E-state index in [0.29, 0.717) is 5.69 Å². The molecular formula is C25H32F2N4O5. The lowest BCUT2D eigenvalue weighted by Gasteiger charge is -2.50. The van der Waals surface area contributed by atoms with Crippen molar-refractivity contribution in [3.8, 4) is 5.88 Å². The van der Waals surface area contributed by atoms with Crippen molar-refractivity contribution in [1.82, 2.24) is 15.2 Å². The summed E-state index contributed by atoms with van der Waals surface area (Å²) in [4.78, 5) is 30.9. The third-order valence-electron chi connectivity index (χ3n) is 6.12. The molecule has 11 heteroatoms. The molecule has 2 heterocycles. The summed E-state index contributed by atoms with van der Waals surface area (Å²) in [5.41, 5.74) is 1.28. The van der Waals surface area contributed by atoms with Crippen LogP contribution in [0, 0.1) is 6.92 Å². The summed E-state index contributed by atoms with van der Waals surface area (Å²) in [6.07, 6.45) is -0.908. The van der Waals surface area contributed by atoms with E-state index in [4.69, 9.17) is 5.11 Å². The zero-order chi connectivity index (χ0) is 26.5. The Morgan fingerprint density at radius 2 is 1.89 bits per heavy atom. The smallest absolute Gasteiger partial charge is 0.388 e. The Balaban J connectivity index is 1.86. The number of benzene rings is 1. The van der Waals surface area contributed by atoms with Crippen molar-refractivity contribution >= 4 is 17.5 Å². The van der Waals surface area contributed by atoms with Gasteiger partial charge in [0.25, 0.3) is 0 Å². The summed E-state index contributed by atoms with van der Waals surface area (Å²) in [6, 6.07) is 10.6. The van der Waals surface area contributed by atoms with E-state index >= 15 is 0 Å². The number of likely N-dealkylation sites (tertiary alicyclic amines) is 1. The van der Waals surface area contributed by atoms with Crippen molar-refractivity contribution in [3.63, 3.8) is 0 Å². The van der Waals surface area contributed by atoms with Gasteiger partial charge in [-0.25, -0.2) is 4.98 Å². The second-order valence-corrected chi connectivity index (χ2v) is 9.25. The minimum atomic E-state index is -3.10. The van der Waals surface area contributed by atoms with Crippen molar-refractivity contribution in [2.24, 2.45) is 0 Å². The van der Waals surface area contributed by atoms with Gasteiger partial charge in [-0.15, -0.1) is 0 Å². The van der Waals surface area contributed by atoms with Crippen LogP contribution in [0.1, 0.15) is 36.6 Å². The number of carbonyl (C=O) groups is 2. The number of hydrogen-bond donors (Lipinski definition) is 4. The average Bonchev–Trinajstić information content (AvgIpc) is 2.80. The average molecular weight is 507 g/mol. The van der Waals surface area contributed by atoms with Crippen LogP contribution in [0.25, 0.3) is 0 Å². The summed E-state index contributed by atoms with van der Waals surface area (Å²) >= 11 is 0. The van der Waals surface area contributed by atoms with Crippen LogP contribution in [0.4, 0.5) is 14.5 Å². The lowest BCUT2D eigenvalue weighted by Crippen LogP contribution is -2.66. The predicted octanol–water partition coefficient (Wildman–Crippen LogP) is 1.78. The van der Waals surface area contributed by atoms with Gasteiger partial charge < -0.3 is 25.6 Å². The van der Waals surface area contributed by atoms with Crippen molar-refractivity contribution in [3.05, 3.63) is 53.2 Å². The molecule has 1 aromatic heterocycles. The standard InChI is InChI=1S/C25H32F2N4O5/c1-15(2)18-6-4-5-7-19(18)25(13-31(14-25)11-17(33)10-28-21(34)12-32)23(35)30-20-9-8-16(3)29-22(20)36-24(26)27/h4-9,15,17,24,32-33H,10-14H2,1-3H3,(H,28,34)(H,30,35)/t17-/m0/s1. The number of amides is 2. The molecule has 0 unspecified atom stereocenters. The number of alkyl halides is 2. The van der Waals surface area contributed by atoms with Gasteiger partial charge in [-0.1, -0.05) is 38.1 Å². The molecule has 1 aromatic carbocycles. The maximum atomic E-state index is 13.7. The fourth-order valence-electron chi connectivity index (χ4n) is 4.41. The maximum Gasteiger partial charge on any atom is 0.388 e. The number of halogens is 2.